The molecule has 1 saturated heterocycles. The number of amides is 3. The van der Waals surface area contributed by atoms with Crippen molar-refractivity contribution >= 4 is 35.1 Å². The van der Waals surface area contributed by atoms with E-state index in [4.69, 9.17) is 16.9 Å². The number of nitrogens with zero attached hydrogens (tertiary/aromatic N) is 5. The van der Waals surface area contributed by atoms with Crippen LogP contribution in [0.25, 0.3) is 0 Å². The molecule has 0 spiro atoms. The first-order chi connectivity index (χ1) is 15.8. The van der Waals surface area contributed by atoms with Crippen LogP contribution < -0.4 is 16.0 Å². The van der Waals surface area contributed by atoms with Crippen LogP contribution in [0.5, 0.6) is 0 Å². The topological polar surface area (TPSA) is 145 Å². The van der Waals surface area contributed by atoms with E-state index in [1.807, 2.05) is 5.32 Å². The highest BCUT2D eigenvalue weighted by Crippen LogP contribution is 2.15. The van der Waals surface area contributed by atoms with E-state index in [0.717, 1.165) is 30.6 Å². The molecule has 0 radical (unpaired) electrons. The van der Waals surface area contributed by atoms with Gasteiger partial charge in [-0.25, -0.2) is 9.67 Å². The zero-order valence-electron chi connectivity index (χ0n) is 18.3. The van der Waals surface area contributed by atoms with Crippen LogP contribution in [0.4, 0.5) is 5.82 Å². The molecule has 0 unspecified atom stereocenters. The quantitative estimate of drug-likeness (QED) is 0.407. The van der Waals surface area contributed by atoms with E-state index >= 15 is 0 Å². The Labute approximate surface area is 196 Å². The molecule has 0 aliphatic carbocycles. The number of pyridine rings is 1. The van der Waals surface area contributed by atoms with Crippen LogP contribution in [0.15, 0.2) is 24.4 Å². The Morgan fingerprint density at radius 3 is 2.58 bits per heavy atom. The van der Waals surface area contributed by atoms with E-state index < -0.39 is 17.7 Å². The van der Waals surface area contributed by atoms with Gasteiger partial charge in [-0.1, -0.05) is 11.6 Å². The zero-order chi connectivity index (χ0) is 24.0. The number of halogens is 1. The molecule has 0 aromatic carbocycles. The summed E-state index contributed by atoms with van der Waals surface area (Å²) in [7, 11) is 0. The van der Waals surface area contributed by atoms with Crippen LogP contribution in [0.3, 0.4) is 0 Å². The van der Waals surface area contributed by atoms with E-state index in [2.05, 4.69) is 39.5 Å². The highest BCUT2D eigenvalue weighted by Gasteiger charge is 2.26. The second-order valence-corrected chi connectivity index (χ2v) is 8.36. The van der Waals surface area contributed by atoms with Crippen molar-refractivity contribution in [2.24, 2.45) is 0 Å². The molecule has 2 aromatic heterocycles. The van der Waals surface area contributed by atoms with Gasteiger partial charge in [-0.2, -0.15) is 10.4 Å². The van der Waals surface area contributed by atoms with Gasteiger partial charge in [0.05, 0.1) is 5.02 Å². The van der Waals surface area contributed by atoms with Gasteiger partial charge < -0.3 is 15.5 Å². The number of hydrogen-bond acceptors (Lipinski definition) is 7. The van der Waals surface area contributed by atoms with Crippen LogP contribution in [0, 0.1) is 11.5 Å². The molecule has 3 rings (SSSR count). The Morgan fingerprint density at radius 1 is 1.24 bits per heavy atom. The van der Waals surface area contributed by atoms with E-state index in [1.165, 1.54) is 24.5 Å². The molecule has 174 valence electrons. The monoisotopic (exact) mass is 472 g/mol. The molecule has 12 heteroatoms. The van der Waals surface area contributed by atoms with Crippen LogP contribution in [0.1, 0.15) is 47.7 Å². The van der Waals surface area contributed by atoms with Crippen LogP contribution >= 0.6 is 11.6 Å². The van der Waals surface area contributed by atoms with E-state index in [0.29, 0.717) is 11.1 Å². The molecular formula is C21H25ClN8O3. The number of nitrogens with one attached hydrogen (secondary N) is 3. The number of aromatic nitrogens is 3. The van der Waals surface area contributed by atoms with Crippen molar-refractivity contribution in [2.75, 3.05) is 18.4 Å². The molecule has 11 nitrogen and oxygen atoms in total. The maximum Gasteiger partial charge on any atom is 0.284 e. The fraction of sp³-hybridized carbons (Fsp3) is 0.429. The molecule has 1 aliphatic rings. The summed E-state index contributed by atoms with van der Waals surface area (Å²) in [6, 6.07) is 4.79. The highest BCUT2D eigenvalue weighted by atomic mass is 35.5. The minimum atomic E-state index is -0.768. The van der Waals surface area contributed by atoms with Gasteiger partial charge in [0.2, 0.25) is 5.91 Å². The number of hydrogen-bond donors (Lipinski definition) is 3. The minimum Gasteiger partial charge on any atom is -0.348 e. The summed E-state index contributed by atoms with van der Waals surface area (Å²) >= 11 is 5.80. The third-order valence-corrected chi connectivity index (χ3v) is 5.52. The van der Waals surface area contributed by atoms with Crippen molar-refractivity contribution < 1.29 is 14.4 Å². The fourth-order valence-electron chi connectivity index (χ4n) is 3.53. The molecule has 0 atom stereocenters. The molecular weight excluding hydrogens is 448 g/mol. The van der Waals surface area contributed by atoms with E-state index in [9.17, 15) is 14.4 Å². The lowest BCUT2D eigenvalue weighted by Crippen LogP contribution is -2.47. The summed E-state index contributed by atoms with van der Waals surface area (Å²) in [4.78, 5) is 43.9. The van der Waals surface area contributed by atoms with Crippen molar-refractivity contribution in [3.8, 4) is 6.19 Å². The zero-order valence-corrected chi connectivity index (χ0v) is 19.1. The van der Waals surface area contributed by atoms with Gasteiger partial charge in [0, 0.05) is 37.4 Å². The van der Waals surface area contributed by atoms with E-state index in [-0.39, 0.29) is 29.8 Å². The van der Waals surface area contributed by atoms with Gasteiger partial charge in [-0.3, -0.25) is 19.7 Å². The Balaban J connectivity index is 1.73. The maximum atomic E-state index is 13.0. The Morgan fingerprint density at radius 2 is 1.97 bits per heavy atom. The molecule has 1 fully saturated rings. The van der Waals surface area contributed by atoms with Gasteiger partial charge in [0.15, 0.2) is 11.9 Å². The van der Waals surface area contributed by atoms with Gasteiger partial charge in [-0.15, -0.1) is 0 Å². The number of piperidine rings is 1. The first kappa shape index (κ1) is 24.2. The largest absolute Gasteiger partial charge is 0.348 e. The highest BCUT2D eigenvalue weighted by molar-refractivity contribution is 6.30. The summed E-state index contributed by atoms with van der Waals surface area (Å²) in [5.74, 6) is -1.43. The van der Waals surface area contributed by atoms with Crippen molar-refractivity contribution in [1.82, 2.24) is 30.3 Å². The molecule has 0 bridgehead atoms. The summed E-state index contributed by atoms with van der Waals surface area (Å²) < 4.78 is 1.14. The van der Waals surface area contributed by atoms with Gasteiger partial charge in [0.25, 0.3) is 11.8 Å². The maximum absolute atomic E-state index is 13.0. The van der Waals surface area contributed by atoms with Crippen LogP contribution in [-0.4, -0.2) is 62.6 Å². The van der Waals surface area contributed by atoms with Crippen molar-refractivity contribution in [2.45, 2.75) is 45.3 Å². The fourth-order valence-corrected chi connectivity index (χ4v) is 3.65. The lowest BCUT2D eigenvalue weighted by atomic mass is 10.0. The van der Waals surface area contributed by atoms with E-state index in [1.54, 1.807) is 6.07 Å². The molecule has 0 saturated carbocycles. The average Bonchev–Trinajstić information content (AvgIpc) is 3.20. The molecule has 2 aromatic rings. The number of carbonyl (C=O) groups excluding carboxylic acids is 3. The molecule has 33 heavy (non-hydrogen) atoms. The smallest absolute Gasteiger partial charge is 0.284 e. The number of anilines is 1. The molecule has 3 heterocycles. The predicted molar refractivity (Wildman–Crippen MR) is 120 cm³/mol. The molecule has 1 aliphatic heterocycles. The molecule has 3 N–H and O–H groups in total. The normalized spacial score (nSPS) is 14.5. The van der Waals surface area contributed by atoms with Crippen LogP contribution in [0.2, 0.25) is 5.02 Å². The number of likely N-dealkylation sites (tertiary alicyclic amines) is 1. The predicted octanol–water partition coefficient (Wildman–Crippen LogP) is 1.38. The van der Waals surface area contributed by atoms with Gasteiger partial charge in [-0.05, 0) is 38.8 Å². The summed E-state index contributed by atoms with van der Waals surface area (Å²) in [6.07, 6.45) is 4.50. The third kappa shape index (κ3) is 6.50. The summed E-state index contributed by atoms with van der Waals surface area (Å²) in [5, 5.41) is 20.7. The van der Waals surface area contributed by atoms with Crippen molar-refractivity contribution in [3.63, 3.8) is 0 Å². The first-order valence-corrected chi connectivity index (χ1v) is 10.9. The van der Waals surface area contributed by atoms with Gasteiger partial charge in [0.1, 0.15) is 18.1 Å². The first-order valence-electron chi connectivity index (χ1n) is 10.5. The van der Waals surface area contributed by atoms with Crippen molar-refractivity contribution in [1.29, 1.82) is 5.26 Å². The SMILES string of the molecule is CC(C)N1CCC(NC(=O)c2cc(C(=O)NC#N)nn2CC(=O)Nc2ccc(Cl)cn2)CC1. The number of nitriles is 1. The standard InChI is InChI=1S/C21H25ClN8O3/c1-13(2)29-7-5-15(6-8-29)26-21(33)17-9-16(20(32)25-12-23)28-30(17)11-19(31)27-18-4-3-14(22)10-24-18/h3-4,9-10,13,15H,5-8,11H2,1-2H3,(H,25,32)(H,26,33)(H,24,27,31). The number of rotatable bonds is 7. The summed E-state index contributed by atoms with van der Waals surface area (Å²) in [5.41, 5.74) is -0.0997. The Kier molecular flexibility index (Phi) is 7.97. The second kappa shape index (κ2) is 10.9. The Bertz CT molecular complexity index is 1050. The minimum absolute atomic E-state index is 0.0284. The van der Waals surface area contributed by atoms with Crippen molar-refractivity contribution in [3.05, 3.63) is 40.8 Å². The average molecular weight is 473 g/mol. The second-order valence-electron chi connectivity index (χ2n) is 7.93. The molecule has 3 amide bonds. The lowest BCUT2D eigenvalue weighted by molar-refractivity contribution is -0.116. The Hall–Kier alpha value is -3.49. The summed E-state index contributed by atoms with van der Waals surface area (Å²) in [6.45, 7) is 5.67. The van der Waals surface area contributed by atoms with Gasteiger partial charge >= 0.3 is 0 Å². The number of carbonyl (C=O) groups is 3. The third-order valence-electron chi connectivity index (χ3n) is 5.30. The van der Waals surface area contributed by atoms with Crippen LogP contribution in [-0.2, 0) is 11.3 Å². The lowest BCUT2D eigenvalue weighted by Gasteiger charge is -2.34.